The number of anilines is 1. The third kappa shape index (κ3) is 1.19. The molecule has 1 aromatic heterocycles. The lowest BCUT2D eigenvalue weighted by atomic mass is 10.2. The standard InChI is InChI=1S/C10H10N2O2S/c13-9-7-2-1-4-12(7)10(14)8-6(11-9)3-5-15-8/h3,5,7H,1-2,4H2,(H,11,13). The second-order valence-electron chi connectivity index (χ2n) is 3.81. The molecule has 5 heteroatoms. The minimum Gasteiger partial charge on any atom is -0.326 e. The molecule has 15 heavy (non-hydrogen) atoms. The van der Waals surface area contributed by atoms with Gasteiger partial charge in [0.15, 0.2) is 0 Å². The second-order valence-corrected chi connectivity index (χ2v) is 4.73. The van der Waals surface area contributed by atoms with E-state index < -0.39 is 0 Å². The molecule has 0 aliphatic carbocycles. The van der Waals surface area contributed by atoms with E-state index in [0.717, 1.165) is 12.8 Å². The zero-order valence-corrected chi connectivity index (χ0v) is 8.84. The van der Waals surface area contributed by atoms with Crippen molar-refractivity contribution in [3.63, 3.8) is 0 Å². The first-order chi connectivity index (χ1) is 7.27. The molecule has 3 rings (SSSR count). The fourth-order valence-corrected chi connectivity index (χ4v) is 3.01. The second kappa shape index (κ2) is 3.06. The maximum Gasteiger partial charge on any atom is 0.266 e. The molecular formula is C10H10N2O2S. The first kappa shape index (κ1) is 8.91. The normalized spacial score (nSPS) is 24.5. The van der Waals surface area contributed by atoms with Crippen LogP contribution >= 0.6 is 11.3 Å². The summed E-state index contributed by atoms with van der Waals surface area (Å²) < 4.78 is 0. The van der Waals surface area contributed by atoms with Gasteiger partial charge >= 0.3 is 0 Å². The van der Waals surface area contributed by atoms with Crippen LogP contribution in [0.15, 0.2) is 11.4 Å². The molecule has 1 aromatic rings. The fraction of sp³-hybridized carbons (Fsp3) is 0.400. The van der Waals surface area contributed by atoms with Crippen molar-refractivity contribution in [1.82, 2.24) is 4.90 Å². The number of fused-ring (bicyclic) bond motifs is 2. The van der Waals surface area contributed by atoms with Crippen LogP contribution in [0.25, 0.3) is 0 Å². The van der Waals surface area contributed by atoms with E-state index in [1.807, 2.05) is 5.38 Å². The molecule has 0 bridgehead atoms. The highest BCUT2D eigenvalue weighted by Gasteiger charge is 2.38. The van der Waals surface area contributed by atoms with E-state index in [0.29, 0.717) is 17.1 Å². The van der Waals surface area contributed by atoms with Gasteiger partial charge in [-0.2, -0.15) is 0 Å². The molecule has 2 aliphatic heterocycles. The van der Waals surface area contributed by atoms with Gasteiger partial charge in [0.2, 0.25) is 5.91 Å². The molecule has 0 radical (unpaired) electrons. The number of thiophene rings is 1. The quantitative estimate of drug-likeness (QED) is 0.719. The Kier molecular flexibility index (Phi) is 1.82. The highest BCUT2D eigenvalue weighted by Crippen LogP contribution is 2.31. The molecule has 78 valence electrons. The lowest BCUT2D eigenvalue weighted by Gasteiger charge is -2.19. The van der Waals surface area contributed by atoms with Crippen molar-refractivity contribution in [2.45, 2.75) is 18.9 Å². The van der Waals surface area contributed by atoms with E-state index in [-0.39, 0.29) is 17.9 Å². The average molecular weight is 222 g/mol. The van der Waals surface area contributed by atoms with E-state index >= 15 is 0 Å². The highest BCUT2D eigenvalue weighted by molar-refractivity contribution is 7.12. The zero-order chi connectivity index (χ0) is 10.4. The first-order valence-corrected chi connectivity index (χ1v) is 5.84. The third-order valence-electron chi connectivity index (χ3n) is 2.93. The Morgan fingerprint density at radius 2 is 2.33 bits per heavy atom. The van der Waals surface area contributed by atoms with Crippen LogP contribution in [0.3, 0.4) is 0 Å². The van der Waals surface area contributed by atoms with Crippen LogP contribution in [-0.4, -0.2) is 29.3 Å². The fourth-order valence-electron chi connectivity index (χ4n) is 2.20. The predicted octanol–water partition coefficient (Wildman–Crippen LogP) is 1.30. The Labute approximate surface area is 90.9 Å². The van der Waals surface area contributed by atoms with Crippen LogP contribution in [0, 0.1) is 0 Å². The van der Waals surface area contributed by atoms with Gasteiger partial charge in [-0.25, -0.2) is 0 Å². The number of nitrogens with one attached hydrogen (secondary N) is 1. The molecule has 3 heterocycles. The Morgan fingerprint density at radius 1 is 1.47 bits per heavy atom. The molecule has 1 fully saturated rings. The molecule has 2 amide bonds. The SMILES string of the molecule is O=C1Nc2ccsc2C(=O)N2CCCC12. The zero-order valence-electron chi connectivity index (χ0n) is 8.03. The Bertz CT molecular complexity index is 440. The van der Waals surface area contributed by atoms with Crippen molar-refractivity contribution in [2.24, 2.45) is 0 Å². The van der Waals surface area contributed by atoms with Gasteiger partial charge in [-0.1, -0.05) is 0 Å². The summed E-state index contributed by atoms with van der Waals surface area (Å²) >= 11 is 1.39. The van der Waals surface area contributed by atoms with E-state index in [1.54, 1.807) is 11.0 Å². The van der Waals surface area contributed by atoms with E-state index in [4.69, 9.17) is 0 Å². The Balaban J connectivity index is 2.09. The molecule has 0 aromatic carbocycles. The number of amides is 2. The molecule has 1 unspecified atom stereocenters. The van der Waals surface area contributed by atoms with Gasteiger partial charge in [0.1, 0.15) is 10.9 Å². The lowest BCUT2D eigenvalue weighted by Crippen LogP contribution is -2.40. The molecule has 0 spiro atoms. The van der Waals surface area contributed by atoms with Crippen molar-refractivity contribution in [3.05, 3.63) is 16.3 Å². The molecular weight excluding hydrogens is 212 g/mol. The summed E-state index contributed by atoms with van der Waals surface area (Å²) in [4.78, 5) is 26.2. The van der Waals surface area contributed by atoms with Crippen molar-refractivity contribution in [3.8, 4) is 0 Å². The molecule has 1 N–H and O–H groups in total. The predicted molar refractivity (Wildman–Crippen MR) is 57.0 cm³/mol. The average Bonchev–Trinajstić information content (AvgIpc) is 2.82. The number of nitrogens with zero attached hydrogens (tertiary/aromatic N) is 1. The van der Waals surface area contributed by atoms with Crippen molar-refractivity contribution in [1.29, 1.82) is 0 Å². The van der Waals surface area contributed by atoms with E-state index in [1.165, 1.54) is 11.3 Å². The largest absolute Gasteiger partial charge is 0.326 e. The summed E-state index contributed by atoms with van der Waals surface area (Å²) in [6, 6.07) is 1.54. The number of carbonyl (C=O) groups excluding carboxylic acids is 2. The maximum atomic E-state index is 12.1. The monoisotopic (exact) mass is 222 g/mol. The van der Waals surface area contributed by atoms with E-state index in [2.05, 4.69) is 5.32 Å². The van der Waals surface area contributed by atoms with Crippen LogP contribution in [0.2, 0.25) is 0 Å². The summed E-state index contributed by atoms with van der Waals surface area (Å²) in [6.45, 7) is 0.703. The van der Waals surface area contributed by atoms with Gasteiger partial charge < -0.3 is 10.2 Å². The van der Waals surface area contributed by atoms with Gasteiger partial charge in [0.25, 0.3) is 5.91 Å². The van der Waals surface area contributed by atoms with Crippen LogP contribution in [0.5, 0.6) is 0 Å². The maximum absolute atomic E-state index is 12.1. The topological polar surface area (TPSA) is 49.4 Å². The lowest BCUT2D eigenvalue weighted by molar-refractivity contribution is -0.119. The highest BCUT2D eigenvalue weighted by atomic mass is 32.1. The number of hydrogen-bond acceptors (Lipinski definition) is 3. The Morgan fingerprint density at radius 3 is 3.20 bits per heavy atom. The van der Waals surface area contributed by atoms with Crippen LogP contribution in [-0.2, 0) is 4.79 Å². The summed E-state index contributed by atoms with van der Waals surface area (Å²) in [5.41, 5.74) is 0.671. The van der Waals surface area contributed by atoms with Gasteiger partial charge in [0.05, 0.1) is 5.69 Å². The number of hydrogen-bond donors (Lipinski definition) is 1. The van der Waals surface area contributed by atoms with Crippen LogP contribution < -0.4 is 5.32 Å². The third-order valence-corrected chi connectivity index (χ3v) is 3.84. The Hall–Kier alpha value is -1.36. The molecule has 0 saturated carbocycles. The minimum absolute atomic E-state index is 0.000787. The van der Waals surface area contributed by atoms with Gasteiger partial charge in [0, 0.05) is 6.54 Å². The molecule has 1 atom stereocenters. The van der Waals surface area contributed by atoms with Gasteiger partial charge in [-0.05, 0) is 24.3 Å². The van der Waals surface area contributed by atoms with Crippen molar-refractivity contribution >= 4 is 28.8 Å². The van der Waals surface area contributed by atoms with Gasteiger partial charge in [-0.15, -0.1) is 11.3 Å². The number of rotatable bonds is 0. The summed E-state index contributed by atoms with van der Waals surface area (Å²) in [5, 5.41) is 4.65. The molecule has 4 nitrogen and oxygen atoms in total. The molecule has 1 saturated heterocycles. The van der Waals surface area contributed by atoms with Crippen molar-refractivity contribution in [2.75, 3.05) is 11.9 Å². The van der Waals surface area contributed by atoms with Crippen molar-refractivity contribution < 1.29 is 9.59 Å². The van der Waals surface area contributed by atoms with Crippen LogP contribution in [0.1, 0.15) is 22.5 Å². The summed E-state index contributed by atoms with van der Waals surface area (Å²) in [7, 11) is 0. The van der Waals surface area contributed by atoms with Crippen LogP contribution in [0.4, 0.5) is 5.69 Å². The van der Waals surface area contributed by atoms with Gasteiger partial charge in [-0.3, -0.25) is 9.59 Å². The summed E-state index contributed by atoms with van der Waals surface area (Å²) in [6.07, 6.45) is 1.71. The first-order valence-electron chi connectivity index (χ1n) is 4.97. The minimum atomic E-state index is -0.253. The van der Waals surface area contributed by atoms with E-state index in [9.17, 15) is 9.59 Å². The smallest absolute Gasteiger partial charge is 0.266 e. The summed E-state index contributed by atoms with van der Waals surface area (Å²) in [5.74, 6) is -0.0427. The molecule has 2 aliphatic rings. The number of carbonyl (C=O) groups is 2.